The van der Waals surface area contributed by atoms with E-state index in [0.29, 0.717) is 5.56 Å². The van der Waals surface area contributed by atoms with Gasteiger partial charge in [0.15, 0.2) is 0 Å². The van der Waals surface area contributed by atoms with Crippen molar-refractivity contribution in [3.8, 4) is 0 Å². The molecule has 3 rings (SSSR count). The number of benzene rings is 2. The van der Waals surface area contributed by atoms with E-state index in [9.17, 15) is 4.79 Å². The van der Waals surface area contributed by atoms with Crippen molar-refractivity contribution in [3.05, 3.63) is 60.2 Å². The summed E-state index contributed by atoms with van der Waals surface area (Å²) in [4.78, 5) is 14.8. The molecular weight excluding hydrogens is 300 g/mol. The first kappa shape index (κ1) is 16.5. The van der Waals surface area contributed by atoms with Crippen molar-refractivity contribution in [2.24, 2.45) is 0 Å². The molecule has 0 unspecified atom stereocenters. The lowest BCUT2D eigenvalue weighted by atomic mass is 10.1. The van der Waals surface area contributed by atoms with E-state index >= 15 is 0 Å². The van der Waals surface area contributed by atoms with Crippen LogP contribution in [0.5, 0.6) is 0 Å². The highest BCUT2D eigenvalue weighted by molar-refractivity contribution is 6.00. The molecule has 24 heavy (non-hydrogen) atoms. The summed E-state index contributed by atoms with van der Waals surface area (Å²) in [7, 11) is 1.98. The van der Waals surface area contributed by atoms with Gasteiger partial charge in [0.1, 0.15) is 0 Å². The van der Waals surface area contributed by atoms with E-state index in [0.717, 1.165) is 30.8 Å². The Kier molecular flexibility index (Phi) is 5.16. The highest BCUT2D eigenvalue weighted by Gasteiger charge is 2.25. The highest BCUT2D eigenvalue weighted by Crippen LogP contribution is 2.27. The third-order valence-electron chi connectivity index (χ3n) is 4.53. The number of hydrogen-bond acceptors (Lipinski definition) is 3. The molecule has 1 saturated heterocycles. The van der Waals surface area contributed by atoms with Crippen LogP contribution in [0.25, 0.3) is 0 Å². The molecule has 1 fully saturated rings. The van der Waals surface area contributed by atoms with Gasteiger partial charge < -0.3 is 15.0 Å². The fraction of sp³-hybridized carbons (Fsp3) is 0.350. The van der Waals surface area contributed by atoms with E-state index in [4.69, 9.17) is 4.74 Å². The topological polar surface area (TPSA) is 41.6 Å². The van der Waals surface area contributed by atoms with Crippen molar-refractivity contribution in [1.29, 1.82) is 0 Å². The van der Waals surface area contributed by atoms with Crippen LogP contribution in [0, 0.1) is 0 Å². The van der Waals surface area contributed by atoms with Gasteiger partial charge in [-0.05, 0) is 44.0 Å². The SMILES string of the molecule is C[C@@H](NC(=O)c1ccccc1N(C)c1ccccc1)[C@@H]1CCCO1. The Labute approximate surface area is 143 Å². The second kappa shape index (κ2) is 7.49. The van der Waals surface area contributed by atoms with Gasteiger partial charge in [-0.25, -0.2) is 0 Å². The minimum Gasteiger partial charge on any atom is -0.376 e. The number of hydrogen-bond donors (Lipinski definition) is 1. The third kappa shape index (κ3) is 3.60. The van der Waals surface area contributed by atoms with Crippen LogP contribution >= 0.6 is 0 Å². The monoisotopic (exact) mass is 324 g/mol. The number of rotatable bonds is 5. The van der Waals surface area contributed by atoms with Gasteiger partial charge in [0.2, 0.25) is 0 Å². The Morgan fingerprint density at radius 2 is 1.88 bits per heavy atom. The third-order valence-corrected chi connectivity index (χ3v) is 4.53. The molecule has 2 atom stereocenters. The van der Waals surface area contributed by atoms with Crippen molar-refractivity contribution in [1.82, 2.24) is 5.32 Å². The predicted molar refractivity (Wildman–Crippen MR) is 96.8 cm³/mol. The summed E-state index contributed by atoms with van der Waals surface area (Å²) in [6.07, 6.45) is 2.19. The summed E-state index contributed by atoms with van der Waals surface area (Å²) in [5.41, 5.74) is 2.61. The number of nitrogens with zero attached hydrogens (tertiary/aromatic N) is 1. The maximum absolute atomic E-state index is 12.8. The van der Waals surface area contributed by atoms with Gasteiger partial charge in [-0.1, -0.05) is 30.3 Å². The molecule has 0 radical (unpaired) electrons. The number of anilines is 2. The highest BCUT2D eigenvalue weighted by atomic mass is 16.5. The van der Waals surface area contributed by atoms with E-state index in [1.807, 2.05) is 73.5 Å². The minimum absolute atomic E-state index is 0.00934. The normalized spacial score (nSPS) is 18.2. The fourth-order valence-electron chi connectivity index (χ4n) is 3.12. The van der Waals surface area contributed by atoms with Crippen molar-refractivity contribution < 1.29 is 9.53 Å². The molecule has 0 aliphatic carbocycles. The van der Waals surface area contributed by atoms with Crippen molar-refractivity contribution in [2.45, 2.75) is 31.9 Å². The smallest absolute Gasteiger partial charge is 0.253 e. The summed E-state index contributed by atoms with van der Waals surface area (Å²) < 4.78 is 5.67. The largest absolute Gasteiger partial charge is 0.376 e. The van der Waals surface area contributed by atoms with Gasteiger partial charge in [0, 0.05) is 19.3 Å². The zero-order valence-corrected chi connectivity index (χ0v) is 14.2. The quantitative estimate of drug-likeness (QED) is 0.911. The van der Waals surface area contributed by atoms with Crippen molar-refractivity contribution in [3.63, 3.8) is 0 Å². The second-order valence-electron chi connectivity index (χ2n) is 6.23. The first-order valence-electron chi connectivity index (χ1n) is 8.47. The second-order valence-corrected chi connectivity index (χ2v) is 6.23. The van der Waals surface area contributed by atoms with Crippen molar-refractivity contribution >= 4 is 17.3 Å². The molecule has 1 aliphatic rings. The molecule has 0 aromatic heterocycles. The average molecular weight is 324 g/mol. The van der Waals surface area contributed by atoms with Crippen LogP contribution in [0.4, 0.5) is 11.4 Å². The Hall–Kier alpha value is -2.33. The molecule has 0 bridgehead atoms. The van der Waals surface area contributed by atoms with Crippen LogP contribution < -0.4 is 10.2 Å². The molecule has 0 spiro atoms. The first-order valence-corrected chi connectivity index (χ1v) is 8.47. The summed E-state index contributed by atoms with van der Waals surface area (Å²) in [6, 6.07) is 17.7. The molecule has 1 amide bonds. The first-order chi connectivity index (χ1) is 11.7. The van der Waals surface area contributed by atoms with E-state index in [-0.39, 0.29) is 18.1 Å². The summed E-state index contributed by atoms with van der Waals surface area (Å²) in [5, 5.41) is 3.09. The summed E-state index contributed by atoms with van der Waals surface area (Å²) >= 11 is 0. The number of nitrogens with one attached hydrogen (secondary N) is 1. The zero-order chi connectivity index (χ0) is 16.9. The Balaban J connectivity index is 1.79. The number of ether oxygens (including phenoxy) is 1. The van der Waals surface area contributed by atoms with E-state index < -0.39 is 0 Å². The van der Waals surface area contributed by atoms with E-state index in [2.05, 4.69) is 5.32 Å². The van der Waals surface area contributed by atoms with Gasteiger partial charge in [-0.15, -0.1) is 0 Å². The van der Waals surface area contributed by atoms with Crippen LogP contribution in [-0.2, 0) is 4.74 Å². The molecule has 4 heteroatoms. The maximum atomic E-state index is 12.8. The van der Waals surface area contributed by atoms with Crippen molar-refractivity contribution in [2.75, 3.05) is 18.6 Å². The molecule has 4 nitrogen and oxygen atoms in total. The summed E-state index contributed by atoms with van der Waals surface area (Å²) in [6.45, 7) is 2.80. The van der Waals surface area contributed by atoms with Gasteiger partial charge in [-0.2, -0.15) is 0 Å². The Bertz CT molecular complexity index is 681. The molecule has 126 valence electrons. The average Bonchev–Trinajstić information content (AvgIpc) is 3.16. The van der Waals surface area contributed by atoms with Crippen LogP contribution in [0.3, 0.4) is 0 Å². The molecule has 1 heterocycles. The Morgan fingerprint density at radius 3 is 2.58 bits per heavy atom. The lowest BCUT2D eigenvalue weighted by molar-refractivity contribution is 0.0712. The molecule has 0 saturated carbocycles. The van der Waals surface area contributed by atoms with Gasteiger partial charge >= 0.3 is 0 Å². The number of carbonyl (C=O) groups excluding carboxylic acids is 1. The van der Waals surface area contributed by atoms with Gasteiger partial charge in [0.25, 0.3) is 5.91 Å². The predicted octanol–water partition coefficient (Wildman–Crippen LogP) is 3.75. The lowest BCUT2D eigenvalue weighted by Gasteiger charge is -2.24. The van der Waals surface area contributed by atoms with E-state index in [1.165, 1.54) is 0 Å². The standard InChI is InChI=1S/C20H24N2O2/c1-15(19-13-8-14-24-19)21-20(23)17-11-6-7-12-18(17)22(2)16-9-4-3-5-10-16/h3-7,9-12,15,19H,8,13-14H2,1-2H3,(H,21,23)/t15-,19+/m1/s1. The minimum atomic E-state index is -0.0589. The van der Waals surface area contributed by atoms with E-state index in [1.54, 1.807) is 0 Å². The molecule has 2 aromatic rings. The van der Waals surface area contributed by atoms with Gasteiger partial charge in [0.05, 0.1) is 23.4 Å². The number of carbonyl (C=O) groups is 1. The zero-order valence-electron chi connectivity index (χ0n) is 14.2. The van der Waals surface area contributed by atoms with Crippen LogP contribution in [0.15, 0.2) is 54.6 Å². The number of para-hydroxylation sites is 2. The van der Waals surface area contributed by atoms with Crippen LogP contribution in [-0.4, -0.2) is 31.7 Å². The van der Waals surface area contributed by atoms with Crippen LogP contribution in [0.2, 0.25) is 0 Å². The lowest BCUT2D eigenvalue weighted by Crippen LogP contribution is -2.41. The molecule has 1 N–H and O–H groups in total. The fourth-order valence-corrected chi connectivity index (χ4v) is 3.12. The molecule has 1 aliphatic heterocycles. The molecule has 2 aromatic carbocycles. The molecular formula is C20H24N2O2. The van der Waals surface area contributed by atoms with Crippen LogP contribution in [0.1, 0.15) is 30.1 Å². The number of amides is 1. The Morgan fingerprint density at radius 1 is 1.17 bits per heavy atom. The van der Waals surface area contributed by atoms with Gasteiger partial charge in [-0.3, -0.25) is 4.79 Å². The maximum Gasteiger partial charge on any atom is 0.253 e. The summed E-state index contributed by atoms with van der Waals surface area (Å²) in [5.74, 6) is -0.0589.